The van der Waals surface area contributed by atoms with Gasteiger partial charge in [0.05, 0.1) is 7.11 Å². The van der Waals surface area contributed by atoms with Crippen molar-refractivity contribution in [2.75, 3.05) is 7.11 Å². The summed E-state index contributed by atoms with van der Waals surface area (Å²) in [5.41, 5.74) is 2.14. The molecule has 0 saturated carbocycles. The van der Waals surface area contributed by atoms with E-state index < -0.39 is 0 Å². The molecule has 0 spiro atoms. The predicted molar refractivity (Wildman–Crippen MR) is 91.6 cm³/mol. The Labute approximate surface area is 139 Å². The molecule has 0 N–H and O–H groups in total. The lowest BCUT2D eigenvalue weighted by molar-refractivity contribution is -0.134. The number of carbonyl (C=O) groups is 1. The van der Waals surface area contributed by atoms with E-state index in [4.69, 9.17) is 9.47 Å². The van der Waals surface area contributed by atoms with Crippen LogP contribution in [0.1, 0.15) is 13.8 Å². The SMILES string of the molecule is COc1ccc(-c2ccc(OC(=O)C(Br)C(C)C)cc2)cc1. The van der Waals surface area contributed by atoms with Gasteiger partial charge in [-0.15, -0.1) is 0 Å². The molecule has 0 heterocycles. The van der Waals surface area contributed by atoms with E-state index >= 15 is 0 Å². The van der Waals surface area contributed by atoms with Gasteiger partial charge in [0.1, 0.15) is 16.3 Å². The van der Waals surface area contributed by atoms with Gasteiger partial charge in [-0.1, -0.05) is 54.0 Å². The summed E-state index contributed by atoms with van der Waals surface area (Å²) in [5.74, 6) is 1.29. The summed E-state index contributed by atoms with van der Waals surface area (Å²) in [6.45, 7) is 3.93. The van der Waals surface area contributed by atoms with E-state index in [0.29, 0.717) is 5.75 Å². The highest BCUT2D eigenvalue weighted by Crippen LogP contribution is 2.25. The van der Waals surface area contributed by atoms with Gasteiger partial charge in [-0.3, -0.25) is 4.79 Å². The lowest BCUT2D eigenvalue weighted by Crippen LogP contribution is -2.24. The van der Waals surface area contributed by atoms with Crippen molar-refractivity contribution in [2.24, 2.45) is 5.92 Å². The molecule has 0 aliphatic heterocycles. The minimum Gasteiger partial charge on any atom is -0.497 e. The maximum absolute atomic E-state index is 11.9. The van der Waals surface area contributed by atoms with Gasteiger partial charge in [0.15, 0.2) is 0 Å². The molecule has 0 fully saturated rings. The van der Waals surface area contributed by atoms with Crippen LogP contribution in [0.15, 0.2) is 48.5 Å². The van der Waals surface area contributed by atoms with Crippen molar-refractivity contribution in [3.63, 3.8) is 0 Å². The maximum atomic E-state index is 11.9. The third-order valence-electron chi connectivity index (χ3n) is 3.31. The second kappa shape index (κ2) is 7.45. The van der Waals surface area contributed by atoms with E-state index in [1.807, 2.05) is 50.2 Å². The summed E-state index contributed by atoms with van der Waals surface area (Å²) >= 11 is 3.34. The number of carbonyl (C=O) groups excluding carboxylic acids is 1. The van der Waals surface area contributed by atoms with Gasteiger partial charge in [-0.05, 0) is 41.3 Å². The van der Waals surface area contributed by atoms with Gasteiger partial charge < -0.3 is 9.47 Å². The number of halogens is 1. The molecule has 0 radical (unpaired) electrons. The van der Waals surface area contributed by atoms with Crippen molar-refractivity contribution in [2.45, 2.75) is 18.7 Å². The van der Waals surface area contributed by atoms with Gasteiger partial charge in [0, 0.05) is 0 Å². The van der Waals surface area contributed by atoms with Crippen molar-refractivity contribution >= 4 is 21.9 Å². The van der Waals surface area contributed by atoms with Crippen LogP contribution in [0, 0.1) is 5.92 Å². The molecular weight excluding hydrogens is 344 g/mol. The highest BCUT2D eigenvalue weighted by molar-refractivity contribution is 9.10. The number of alkyl halides is 1. The third-order valence-corrected chi connectivity index (χ3v) is 4.74. The fourth-order valence-electron chi connectivity index (χ4n) is 1.94. The summed E-state index contributed by atoms with van der Waals surface area (Å²) in [5, 5.41) is 0. The van der Waals surface area contributed by atoms with Crippen LogP contribution in [-0.4, -0.2) is 17.9 Å². The van der Waals surface area contributed by atoms with Crippen LogP contribution in [0.3, 0.4) is 0 Å². The number of esters is 1. The summed E-state index contributed by atoms with van der Waals surface area (Å²) in [7, 11) is 1.65. The van der Waals surface area contributed by atoms with E-state index in [0.717, 1.165) is 16.9 Å². The largest absolute Gasteiger partial charge is 0.497 e. The first-order valence-corrected chi connectivity index (χ1v) is 8.03. The highest BCUT2D eigenvalue weighted by Gasteiger charge is 2.20. The first-order chi connectivity index (χ1) is 10.5. The van der Waals surface area contributed by atoms with Crippen molar-refractivity contribution in [3.8, 4) is 22.6 Å². The predicted octanol–water partition coefficient (Wildman–Crippen LogP) is 4.69. The summed E-state index contributed by atoms with van der Waals surface area (Å²) in [4.78, 5) is 11.6. The molecule has 0 aromatic heterocycles. The topological polar surface area (TPSA) is 35.5 Å². The second-order valence-electron chi connectivity index (χ2n) is 5.32. The van der Waals surface area contributed by atoms with Gasteiger partial charge in [-0.2, -0.15) is 0 Å². The number of methoxy groups -OCH3 is 1. The van der Waals surface area contributed by atoms with Gasteiger partial charge in [-0.25, -0.2) is 0 Å². The Balaban J connectivity index is 2.08. The molecule has 2 rings (SSSR count). The Kier molecular flexibility index (Phi) is 5.61. The summed E-state index contributed by atoms with van der Waals surface area (Å²) in [6, 6.07) is 15.3. The standard InChI is InChI=1S/C18H19BrO3/c1-12(2)17(19)18(20)22-16-10-6-14(7-11-16)13-4-8-15(21-3)9-5-13/h4-12,17H,1-3H3. The molecule has 2 aromatic carbocycles. The molecule has 0 aliphatic carbocycles. The zero-order valence-electron chi connectivity index (χ0n) is 12.9. The van der Waals surface area contributed by atoms with Crippen LogP contribution in [0.25, 0.3) is 11.1 Å². The van der Waals surface area contributed by atoms with Gasteiger partial charge >= 0.3 is 5.97 Å². The van der Waals surface area contributed by atoms with Crippen LogP contribution >= 0.6 is 15.9 Å². The van der Waals surface area contributed by atoms with E-state index in [-0.39, 0.29) is 16.7 Å². The van der Waals surface area contributed by atoms with Crippen LogP contribution in [0.4, 0.5) is 0 Å². The molecule has 3 nitrogen and oxygen atoms in total. The number of benzene rings is 2. The van der Waals surface area contributed by atoms with Crippen molar-refractivity contribution in [3.05, 3.63) is 48.5 Å². The minimum absolute atomic E-state index is 0.186. The number of hydrogen-bond acceptors (Lipinski definition) is 3. The van der Waals surface area contributed by atoms with Gasteiger partial charge in [0.2, 0.25) is 0 Å². The molecule has 0 amide bonds. The maximum Gasteiger partial charge on any atom is 0.325 e. The molecule has 0 aliphatic rings. The zero-order valence-corrected chi connectivity index (χ0v) is 14.5. The zero-order chi connectivity index (χ0) is 16.1. The van der Waals surface area contributed by atoms with Crippen LogP contribution in [-0.2, 0) is 4.79 Å². The number of ether oxygens (including phenoxy) is 2. The Morgan fingerprint density at radius 1 is 0.909 bits per heavy atom. The van der Waals surface area contributed by atoms with E-state index in [1.54, 1.807) is 19.2 Å². The molecule has 0 bridgehead atoms. The van der Waals surface area contributed by atoms with Crippen LogP contribution < -0.4 is 9.47 Å². The lowest BCUT2D eigenvalue weighted by atomic mass is 10.1. The van der Waals surface area contributed by atoms with E-state index in [2.05, 4.69) is 15.9 Å². The fraction of sp³-hybridized carbons (Fsp3) is 0.278. The van der Waals surface area contributed by atoms with Crippen molar-refractivity contribution < 1.29 is 14.3 Å². The first-order valence-electron chi connectivity index (χ1n) is 7.11. The highest BCUT2D eigenvalue weighted by atomic mass is 79.9. The normalized spacial score (nSPS) is 12.0. The summed E-state index contributed by atoms with van der Waals surface area (Å²) in [6.07, 6.45) is 0. The molecule has 1 atom stereocenters. The van der Waals surface area contributed by atoms with Crippen molar-refractivity contribution in [1.82, 2.24) is 0 Å². The Morgan fingerprint density at radius 3 is 1.77 bits per heavy atom. The molecule has 116 valence electrons. The van der Waals surface area contributed by atoms with E-state index in [9.17, 15) is 4.79 Å². The second-order valence-corrected chi connectivity index (χ2v) is 6.31. The average Bonchev–Trinajstić information content (AvgIpc) is 2.54. The molecular formula is C18H19BrO3. The lowest BCUT2D eigenvalue weighted by Gasteiger charge is -2.13. The molecule has 4 heteroatoms. The fourth-order valence-corrected chi connectivity index (χ4v) is 2.04. The summed E-state index contributed by atoms with van der Waals surface area (Å²) < 4.78 is 10.5. The third kappa shape index (κ3) is 4.10. The van der Waals surface area contributed by atoms with Gasteiger partial charge in [0.25, 0.3) is 0 Å². The smallest absolute Gasteiger partial charge is 0.325 e. The quantitative estimate of drug-likeness (QED) is 0.439. The average molecular weight is 363 g/mol. The number of hydrogen-bond donors (Lipinski definition) is 0. The molecule has 22 heavy (non-hydrogen) atoms. The molecule has 0 saturated heterocycles. The van der Waals surface area contributed by atoms with E-state index in [1.165, 1.54) is 0 Å². The van der Waals surface area contributed by atoms with Crippen LogP contribution in [0.2, 0.25) is 0 Å². The Bertz CT molecular complexity index is 618. The minimum atomic E-state index is -0.297. The number of rotatable bonds is 5. The van der Waals surface area contributed by atoms with Crippen molar-refractivity contribution in [1.29, 1.82) is 0 Å². The van der Waals surface area contributed by atoms with Crippen LogP contribution in [0.5, 0.6) is 11.5 Å². The Morgan fingerprint density at radius 2 is 1.36 bits per heavy atom. The molecule has 2 aromatic rings. The molecule has 1 unspecified atom stereocenters. The first kappa shape index (κ1) is 16.6. The Hall–Kier alpha value is -1.81. The monoisotopic (exact) mass is 362 g/mol.